The van der Waals surface area contributed by atoms with Gasteiger partial charge < -0.3 is 5.32 Å². The number of piperidine rings is 1. The summed E-state index contributed by atoms with van der Waals surface area (Å²) < 4.78 is 27.7. The lowest BCUT2D eigenvalue weighted by molar-refractivity contribution is -0.120. The van der Waals surface area contributed by atoms with Gasteiger partial charge in [0.15, 0.2) is 5.13 Å². The maximum absolute atomic E-state index is 13.2. The molecule has 1 aliphatic rings. The standard InChI is InChI=1S/C22H23N3O3S2/c1-16-10-12-18(13-11-16)30(27,28)25-14-6-5-9-20(25)21(26)24-22-23-19(15-29-22)17-7-3-2-4-8-17/h2-4,7-8,10-13,15,20H,5-6,9,14H2,1H3,(H,23,24,26)/t20-/m1/s1. The first kappa shape index (κ1) is 20.7. The Bertz CT molecular complexity index is 1130. The van der Waals surface area contributed by atoms with Gasteiger partial charge in [0.25, 0.3) is 0 Å². The van der Waals surface area contributed by atoms with Crippen LogP contribution in [0.25, 0.3) is 11.3 Å². The highest BCUT2D eigenvalue weighted by Gasteiger charge is 2.37. The van der Waals surface area contributed by atoms with Crippen molar-refractivity contribution in [3.63, 3.8) is 0 Å². The number of benzene rings is 2. The van der Waals surface area contributed by atoms with Gasteiger partial charge in [-0.25, -0.2) is 13.4 Å². The summed E-state index contributed by atoms with van der Waals surface area (Å²) in [5.41, 5.74) is 2.74. The number of thiazole rings is 1. The summed E-state index contributed by atoms with van der Waals surface area (Å²) in [5.74, 6) is -0.334. The van der Waals surface area contributed by atoms with Crippen molar-refractivity contribution in [1.82, 2.24) is 9.29 Å². The molecule has 1 aromatic heterocycles. The highest BCUT2D eigenvalue weighted by molar-refractivity contribution is 7.89. The summed E-state index contributed by atoms with van der Waals surface area (Å²) in [5, 5.41) is 5.18. The predicted molar refractivity (Wildman–Crippen MR) is 119 cm³/mol. The third kappa shape index (κ3) is 4.30. The Labute approximate surface area is 180 Å². The molecule has 0 saturated carbocycles. The maximum Gasteiger partial charge on any atom is 0.244 e. The Hall–Kier alpha value is -2.55. The van der Waals surface area contributed by atoms with E-state index in [-0.39, 0.29) is 10.8 Å². The molecule has 4 rings (SSSR count). The molecule has 0 radical (unpaired) electrons. The van der Waals surface area contributed by atoms with Crippen molar-refractivity contribution in [1.29, 1.82) is 0 Å². The second-order valence-corrected chi connectivity index (χ2v) is 10.1. The summed E-state index contributed by atoms with van der Waals surface area (Å²) >= 11 is 1.33. The van der Waals surface area contributed by atoms with Crippen molar-refractivity contribution in [2.75, 3.05) is 11.9 Å². The van der Waals surface area contributed by atoms with Crippen LogP contribution in [0, 0.1) is 6.92 Å². The van der Waals surface area contributed by atoms with Crippen LogP contribution >= 0.6 is 11.3 Å². The van der Waals surface area contributed by atoms with Crippen LogP contribution in [0.15, 0.2) is 64.9 Å². The van der Waals surface area contributed by atoms with E-state index in [1.54, 1.807) is 24.3 Å². The predicted octanol–water partition coefficient (Wildman–Crippen LogP) is 4.30. The van der Waals surface area contributed by atoms with Crippen molar-refractivity contribution >= 4 is 32.4 Å². The van der Waals surface area contributed by atoms with Crippen LogP contribution in [0.4, 0.5) is 5.13 Å². The van der Waals surface area contributed by atoms with Crippen LogP contribution in [0.3, 0.4) is 0 Å². The molecule has 2 aromatic carbocycles. The molecule has 1 amide bonds. The van der Waals surface area contributed by atoms with E-state index in [4.69, 9.17) is 0 Å². The van der Waals surface area contributed by atoms with Gasteiger partial charge in [0.05, 0.1) is 10.6 Å². The molecule has 6 nitrogen and oxygen atoms in total. The van der Waals surface area contributed by atoms with Crippen molar-refractivity contribution in [3.8, 4) is 11.3 Å². The van der Waals surface area contributed by atoms with Gasteiger partial charge in [0.2, 0.25) is 15.9 Å². The minimum Gasteiger partial charge on any atom is -0.301 e. The zero-order chi connectivity index (χ0) is 21.1. The molecule has 0 bridgehead atoms. The molecule has 1 aliphatic heterocycles. The molecule has 3 aromatic rings. The summed E-state index contributed by atoms with van der Waals surface area (Å²) in [4.78, 5) is 17.7. The van der Waals surface area contributed by atoms with Crippen LogP contribution in [0.2, 0.25) is 0 Å². The molecule has 156 valence electrons. The van der Waals surface area contributed by atoms with Gasteiger partial charge in [-0.05, 0) is 31.9 Å². The number of aromatic nitrogens is 1. The Kier molecular flexibility index (Phi) is 5.99. The van der Waals surface area contributed by atoms with E-state index < -0.39 is 16.1 Å². The average molecular weight is 442 g/mol. The number of sulfonamides is 1. The summed E-state index contributed by atoms with van der Waals surface area (Å²) in [6, 6.07) is 15.7. The van der Waals surface area contributed by atoms with Crippen LogP contribution in [0.1, 0.15) is 24.8 Å². The molecule has 1 saturated heterocycles. The average Bonchev–Trinajstić information content (AvgIpc) is 3.23. The monoisotopic (exact) mass is 441 g/mol. The van der Waals surface area contributed by atoms with Gasteiger partial charge in [0.1, 0.15) is 6.04 Å². The minimum atomic E-state index is -3.75. The molecule has 30 heavy (non-hydrogen) atoms. The maximum atomic E-state index is 13.2. The van der Waals surface area contributed by atoms with Gasteiger partial charge in [-0.2, -0.15) is 4.31 Å². The van der Waals surface area contributed by atoms with E-state index in [0.717, 1.165) is 29.7 Å². The van der Waals surface area contributed by atoms with Crippen molar-refractivity contribution < 1.29 is 13.2 Å². The molecular weight excluding hydrogens is 418 g/mol. The first-order valence-electron chi connectivity index (χ1n) is 9.85. The molecule has 1 fully saturated rings. The number of carbonyl (C=O) groups is 1. The number of anilines is 1. The number of nitrogens with zero attached hydrogens (tertiary/aromatic N) is 2. The first-order valence-corrected chi connectivity index (χ1v) is 12.2. The third-order valence-corrected chi connectivity index (χ3v) is 7.87. The number of hydrogen-bond acceptors (Lipinski definition) is 5. The Morgan fingerprint density at radius 3 is 2.57 bits per heavy atom. The number of aryl methyl sites for hydroxylation is 1. The number of nitrogens with one attached hydrogen (secondary N) is 1. The Balaban J connectivity index is 1.53. The molecule has 1 atom stereocenters. The smallest absolute Gasteiger partial charge is 0.244 e. The number of rotatable bonds is 5. The lowest BCUT2D eigenvalue weighted by Gasteiger charge is -2.33. The molecule has 8 heteroatoms. The zero-order valence-corrected chi connectivity index (χ0v) is 18.2. The molecule has 0 aliphatic carbocycles. The van der Waals surface area contributed by atoms with E-state index in [1.165, 1.54) is 15.6 Å². The van der Waals surface area contributed by atoms with Crippen LogP contribution in [0.5, 0.6) is 0 Å². The quantitative estimate of drug-likeness (QED) is 0.640. The van der Waals surface area contributed by atoms with Gasteiger partial charge in [0, 0.05) is 17.5 Å². The van der Waals surface area contributed by atoms with E-state index in [1.807, 2.05) is 42.6 Å². The number of hydrogen-bond donors (Lipinski definition) is 1. The van der Waals surface area contributed by atoms with Crippen molar-refractivity contribution in [2.24, 2.45) is 0 Å². The fourth-order valence-corrected chi connectivity index (χ4v) is 5.94. The van der Waals surface area contributed by atoms with Gasteiger partial charge in [-0.1, -0.05) is 54.4 Å². The highest BCUT2D eigenvalue weighted by Crippen LogP contribution is 2.28. The van der Waals surface area contributed by atoms with Crippen LogP contribution < -0.4 is 5.32 Å². The topological polar surface area (TPSA) is 79.4 Å². The number of carbonyl (C=O) groups excluding carboxylic acids is 1. The van der Waals surface area contributed by atoms with Gasteiger partial charge in [-0.15, -0.1) is 11.3 Å². The summed E-state index contributed by atoms with van der Waals surface area (Å²) in [6.45, 7) is 2.24. The van der Waals surface area contributed by atoms with Crippen molar-refractivity contribution in [2.45, 2.75) is 37.1 Å². The second kappa shape index (κ2) is 8.67. The molecule has 0 unspecified atom stereocenters. The molecule has 1 N–H and O–H groups in total. The second-order valence-electron chi connectivity index (χ2n) is 7.33. The van der Waals surface area contributed by atoms with Crippen molar-refractivity contribution in [3.05, 3.63) is 65.5 Å². The fourth-order valence-electron chi connectivity index (χ4n) is 3.56. The molecule has 0 spiro atoms. The van der Waals surface area contributed by atoms with Crippen LogP contribution in [-0.4, -0.2) is 36.2 Å². The SMILES string of the molecule is Cc1ccc(S(=O)(=O)N2CCCC[C@@H]2C(=O)Nc2nc(-c3ccccc3)cs2)cc1. The fraction of sp³-hybridized carbons (Fsp3) is 0.273. The van der Waals surface area contributed by atoms with E-state index >= 15 is 0 Å². The van der Waals surface area contributed by atoms with Gasteiger partial charge in [-0.3, -0.25) is 4.79 Å². The summed E-state index contributed by atoms with van der Waals surface area (Å²) in [7, 11) is -3.75. The van der Waals surface area contributed by atoms with Gasteiger partial charge >= 0.3 is 0 Å². The third-order valence-electron chi connectivity index (χ3n) is 5.19. The Morgan fingerprint density at radius 1 is 1.10 bits per heavy atom. The van der Waals surface area contributed by atoms with Crippen LogP contribution in [-0.2, 0) is 14.8 Å². The highest BCUT2D eigenvalue weighted by atomic mass is 32.2. The molecular formula is C22H23N3O3S2. The van der Waals surface area contributed by atoms with E-state index in [9.17, 15) is 13.2 Å². The first-order chi connectivity index (χ1) is 14.4. The summed E-state index contributed by atoms with van der Waals surface area (Å²) in [6.07, 6.45) is 2.04. The van der Waals surface area contributed by atoms with E-state index in [2.05, 4.69) is 10.3 Å². The Morgan fingerprint density at radius 2 is 1.83 bits per heavy atom. The minimum absolute atomic E-state index is 0.216. The molecule has 2 heterocycles. The zero-order valence-electron chi connectivity index (χ0n) is 16.6. The van der Waals surface area contributed by atoms with E-state index in [0.29, 0.717) is 18.1 Å². The lowest BCUT2D eigenvalue weighted by Crippen LogP contribution is -2.49. The lowest BCUT2D eigenvalue weighted by atomic mass is 10.0. The normalized spacial score (nSPS) is 17.6. The number of amides is 1. The largest absolute Gasteiger partial charge is 0.301 e.